The summed E-state index contributed by atoms with van der Waals surface area (Å²) in [7, 11) is -3.53. The number of fused-ring (bicyclic) bond motifs is 2. The van der Waals surface area contributed by atoms with Gasteiger partial charge in [0, 0.05) is 11.8 Å². The zero-order valence-corrected chi connectivity index (χ0v) is 14.7. The second-order valence-corrected chi connectivity index (χ2v) is 8.41. The number of aromatic nitrogens is 2. The molecule has 1 aliphatic carbocycles. The molecule has 1 aromatic heterocycles. The number of rotatable bonds is 4. The number of benzene rings is 2. The first-order valence-electron chi connectivity index (χ1n) is 8.24. The summed E-state index contributed by atoms with van der Waals surface area (Å²) in [5, 5.41) is -0.0665. The Balaban J connectivity index is 1.76. The summed E-state index contributed by atoms with van der Waals surface area (Å²) in [6.07, 6.45) is 4.30. The molecule has 0 amide bonds. The Labute approximate surface area is 146 Å². The van der Waals surface area contributed by atoms with Crippen LogP contribution in [0.3, 0.4) is 0 Å². The number of hydrogen-bond donors (Lipinski definition) is 0. The number of carbonyl (C=O) groups excluding carboxylic acids is 1. The van der Waals surface area contributed by atoms with E-state index in [9.17, 15) is 13.2 Å². The molecule has 6 heteroatoms. The average molecular weight is 354 g/mol. The molecule has 0 saturated heterocycles. The summed E-state index contributed by atoms with van der Waals surface area (Å²) in [6, 6.07) is 12.9. The highest BCUT2D eigenvalue weighted by molar-refractivity contribution is 7.90. The fourth-order valence-corrected chi connectivity index (χ4v) is 4.30. The van der Waals surface area contributed by atoms with E-state index in [1.807, 2.05) is 24.3 Å². The summed E-state index contributed by atoms with van der Waals surface area (Å²) in [5.74, 6) is -0.109. The van der Waals surface area contributed by atoms with Crippen molar-refractivity contribution in [3.63, 3.8) is 0 Å². The lowest BCUT2D eigenvalue weighted by Gasteiger charge is -2.09. The van der Waals surface area contributed by atoms with Gasteiger partial charge in [0.05, 0.1) is 17.6 Å². The van der Waals surface area contributed by atoms with Gasteiger partial charge in [0.25, 0.3) is 0 Å². The number of hydrogen-bond acceptors (Lipinski definition) is 4. The maximum absolute atomic E-state index is 12.8. The van der Waals surface area contributed by atoms with Crippen LogP contribution in [0.2, 0.25) is 0 Å². The monoisotopic (exact) mass is 354 g/mol. The van der Waals surface area contributed by atoms with Crippen LogP contribution in [0.25, 0.3) is 11.0 Å². The van der Waals surface area contributed by atoms with E-state index in [1.54, 1.807) is 18.2 Å². The lowest BCUT2D eigenvalue weighted by Crippen LogP contribution is -2.16. The Morgan fingerprint density at radius 1 is 1.12 bits per heavy atom. The average Bonchev–Trinajstić information content (AvgIpc) is 3.18. The van der Waals surface area contributed by atoms with Crippen molar-refractivity contribution in [2.45, 2.75) is 31.0 Å². The first-order chi connectivity index (χ1) is 11.9. The quantitative estimate of drug-likeness (QED) is 0.676. The molecule has 0 bridgehead atoms. The highest BCUT2D eigenvalue weighted by atomic mass is 32.2. The van der Waals surface area contributed by atoms with Crippen LogP contribution in [0.15, 0.2) is 47.6 Å². The van der Waals surface area contributed by atoms with E-state index in [-0.39, 0.29) is 17.5 Å². The number of para-hydroxylation sites is 2. The molecule has 1 aliphatic rings. The van der Waals surface area contributed by atoms with Crippen molar-refractivity contribution < 1.29 is 13.2 Å². The zero-order valence-electron chi connectivity index (χ0n) is 13.9. The van der Waals surface area contributed by atoms with E-state index in [2.05, 4.69) is 4.98 Å². The van der Waals surface area contributed by atoms with Gasteiger partial charge in [-0.3, -0.25) is 4.79 Å². The lowest BCUT2D eigenvalue weighted by molar-refractivity contribution is 0.0970. The molecule has 0 aliphatic heterocycles. The Morgan fingerprint density at radius 2 is 1.88 bits per heavy atom. The third-order valence-electron chi connectivity index (χ3n) is 4.67. The molecular formula is C19H18N2O3S. The van der Waals surface area contributed by atoms with E-state index < -0.39 is 9.84 Å². The Hall–Kier alpha value is -2.47. The lowest BCUT2D eigenvalue weighted by atomic mass is 10.0. The van der Waals surface area contributed by atoms with Crippen LogP contribution >= 0.6 is 0 Å². The van der Waals surface area contributed by atoms with E-state index in [4.69, 9.17) is 0 Å². The molecule has 4 rings (SSSR count). The van der Waals surface area contributed by atoms with Crippen LogP contribution in [0.4, 0.5) is 0 Å². The van der Waals surface area contributed by atoms with Crippen molar-refractivity contribution in [2.24, 2.45) is 0 Å². The van der Waals surface area contributed by atoms with Crippen molar-refractivity contribution in [3.8, 4) is 0 Å². The van der Waals surface area contributed by atoms with Crippen LogP contribution < -0.4 is 0 Å². The summed E-state index contributed by atoms with van der Waals surface area (Å²) in [4.78, 5) is 17.0. The molecular weight excluding hydrogens is 336 g/mol. The van der Waals surface area contributed by atoms with Gasteiger partial charge in [0.1, 0.15) is 0 Å². The molecule has 0 saturated carbocycles. The first-order valence-corrected chi connectivity index (χ1v) is 10.1. The fraction of sp³-hybridized carbons (Fsp3) is 0.263. The zero-order chi connectivity index (χ0) is 17.6. The summed E-state index contributed by atoms with van der Waals surface area (Å²) in [6.45, 7) is -0.0400. The number of nitrogens with zero attached hydrogens (tertiary/aromatic N) is 2. The predicted molar refractivity (Wildman–Crippen MR) is 95.6 cm³/mol. The highest BCUT2D eigenvalue weighted by Crippen LogP contribution is 2.24. The van der Waals surface area contributed by atoms with E-state index in [1.165, 1.54) is 15.7 Å². The Kier molecular flexibility index (Phi) is 3.72. The Bertz CT molecular complexity index is 1100. The standard InChI is InChI=1S/C19H18N2O3S/c1-25(23,24)19-20-16-7-2-3-8-17(16)21(19)12-18(22)15-10-9-13-5-4-6-14(13)11-15/h2-3,7-11H,4-6,12H2,1H3. The normalized spacial score (nSPS) is 14.0. The van der Waals surface area contributed by atoms with E-state index >= 15 is 0 Å². The summed E-state index contributed by atoms with van der Waals surface area (Å²) in [5.41, 5.74) is 4.38. The van der Waals surface area contributed by atoms with Crippen molar-refractivity contribution in [1.29, 1.82) is 0 Å². The molecule has 128 valence electrons. The number of carbonyl (C=O) groups is 1. The molecule has 0 N–H and O–H groups in total. The van der Waals surface area contributed by atoms with Gasteiger partial charge in [-0.25, -0.2) is 13.4 Å². The van der Waals surface area contributed by atoms with Gasteiger partial charge in [0.2, 0.25) is 15.0 Å². The molecule has 3 aromatic rings. The summed E-state index contributed by atoms with van der Waals surface area (Å²) >= 11 is 0. The van der Waals surface area contributed by atoms with Crippen molar-refractivity contribution >= 4 is 26.7 Å². The molecule has 0 fully saturated rings. The second-order valence-electron chi connectivity index (χ2n) is 6.50. The van der Waals surface area contributed by atoms with Gasteiger partial charge in [-0.2, -0.15) is 0 Å². The molecule has 1 heterocycles. The number of ketones is 1. The molecule has 0 radical (unpaired) electrons. The third-order valence-corrected chi connectivity index (χ3v) is 5.65. The van der Waals surface area contributed by atoms with Gasteiger partial charge in [-0.1, -0.05) is 24.3 Å². The van der Waals surface area contributed by atoms with Crippen molar-refractivity contribution in [2.75, 3.05) is 6.26 Å². The van der Waals surface area contributed by atoms with Crippen molar-refractivity contribution in [3.05, 3.63) is 59.2 Å². The Morgan fingerprint density at radius 3 is 2.68 bits per heavy atom. The van der Waals surface area contributed by atoms with Crippen LogP contribution in [-0.4, -0.2) is 30.0 Å². The van der Waals surface area contributed by atoms with Crippen LogP contribution in [0.5, 0.6) is 0 Å². The maximum atomic E-state index is 12.8. The minimum Gasteiger partial charge on any atom is -0.307 e. The summed E-state index contributed by atoms with van der Waals surface area (Å²) < 4.78 is 25.7. The predicted octanol–water partition coefficient (Wildman–Crippen LogP) is 2.81. The van der Waals surface area contributed by atoms with Crippen LogP contribution in [0, 0.1) is 0 Å². The van der Waals surface area contributed by atoms with Gasteiger partial charge in [-0.05, 0) is 48.6 Å². The molecule has 5 nitrogen and oxygen atoms in total. The first kappa shape index (κ1) is 16.0. The maximum Gasteiger partial charge on any atom is 0.228 e. The van der Waals surface area contributed by atoms with Gasteiger partial charge >= 0.3 is 0 Å². The second kappa shape index (κ2) is 5.81. The van der Waals surface area contributed by atoms with Gasteiger partial charge in [-0.15, -0.1) is 0 Å². The third kappa shape index (κ3) is 2.87. The van der Waals surface area contributed by atoms with E-state index in [0.29, 0.717) is 16.6 Å². The van der Waals surface area contributed by atoms with Gasteiger partial charge in [0.15, 0.2) is 5.78 Å². The minimum absolute atomic E-state index is 0.0400. The largest absolute Gasteiger partial charge is 0.307 e. The smallest absolute Gasteiger partial charge is 0.228 e. The molecule has 0 spiro atoms. The molecule has 0 atom stereocenters. The number of sulfone groups is 1. The van der Waals surface area contributed by atoms with Crippen molar-refractivity contribution in [1.82, 2.24) is 9.55 Å². The SMILES string of the molecule is CS(=O)(=O)c1nc2ccccc2n1CC(=O)c1ccc2c(c1)CCC2. The number of Topliss-reactive ketones (excluding diaryl/α,β-unsaturated/α-hetero) is 1. The molecule has 0 unspecified atom stereocenters. The van der Waals surface area contributed by atoms with Crippen LogP contribution in [-0.2, 0) is 29.2 Å². The molecule has 25 heavy (non-hydrogen) atoms. The minimum atomic E-state index is -3.53. The number of imidazole rings is 1. The number of aryl methyl sites for hydroxylation is 2. The van der Waals surface area contributed by atoms with Gasteiger partial charge < -0.3 is 4.57 Å². The van der Waals surface area contributed by atoms with E-state index in [0.717, 1.165) is 25.5 Å². The molecule has 2 aromatic carbocycles. The highest BCUT2D eigenvalue weighted by Gasteiger charge is 2.22. The topological polar surface area (TPSA) is 69.0 Å². The van der Waals surface area contributed by atoms with Crippen LogP contribution in [0.1, 0.15) is 27.9 Å². The fourth-order valence-electron chi connectivity index (χ4n) is 3.47.